The van der Waals surface area contributed by atoms with Crippen LogP contribution in [0.25, 0.3) is 0 Å². The maximum Gasteiger partial charge on any atom is 0.408 e. The van der Waals surface area contributed by atoms with Gasteiger partial charge in [-0.25, -0.2) is 9.59 Å². The first-order valence-corrected chi connectivity index (χ1v) is 8.98. The molecule has 8 heteroatoms. The number of carbonyl (C=O) groups excluding carboxylic acids is 2. The van der Waals surface area contributed by atoms with E-state index in [0.717, 1.165) is 25.7 Å². The van der Waals surface area contributed by atoms with Crippen molar-refractivity contribution in [2.75, 3.05) is 6.54 Å². The van der Waals surface area contributed by atoms with E-state index in [2.05, 4.69) is 5.32 Å². The Balaban J connectivity index is 0.00000243. The molecule has 7 nitrogen and oxygen atoms in total. The molecule has 3 rings (SSSR count). The molecule has 1 heterocycles. The van der Waals surface area contributed by atoms with Gasteiger partial charge in [-0.2, -0.15) is 0 Å². The fraction of sp³-hybridized carbons (Fsp3) is 0.833. The number of nitrogens with one attached hydrogen (secondary N) is 1. The Kier molecular flexibility index (Phi) is 5.27. The zero-order chi connectivity index (χ0) is 18.6. The van der Waals surface area contributed by atoms with Gasteiger partial charge in [0, 0.05) is 6.54 Å². The molecular weight excluding hydrogens is 360 g/mol. The molecule has 0 unspecified atom stereocenters. The third-order valence-electron chi connectivity index (χ3n) is 5.68. The summed E-state index contributed by atoms with van der Waals surface area (Å²) in [7, 11) is 0. The van der Waals surface area contributed by atoms with Crippen molar-refractivity contribution in [3.8, 4) is 0 Å². The van der Waals surface area contributed by atoms with Crippen molar-refractivity contribution >= 4 is 30.4 Å². The van der Waals surface area contributed by atoms with Gasteiger partial charge in [-0.15, -0.1) is 12.4 Å². The van der Waals surface area contributed by atoms with Gasteiger partial charge in [0.15, 0.2) is 0 Å². The van der Waals surface area contributed by atoms with Crippen molar-refractivity contribution in [1.29, 1.82) is 0 Å². The van der Waals surface area contributed by atoms with Gasteiger partial charge in [0.25, 0.3) is 0 Å². The van der Waals surface area contributed by atoms with Gasteiger partial charge in [-0.1, -0.05) is 6.92 Å². The van der Waals surface area contributed by atoms with Gasteiger partial charge in [0.1, 0.15) is 17.7 Å². The summed E-state index contributed by atoms with van der Waals surface area (Å²) < 4.78 is 5.29. The molecule has 2 atom stereocenters. The molecule has 0 aromatic carbocycles. The molecule has 2 aliphatic carbocycles. The van der Waals surface area contributed by atoms with Crippen LogP contribution in [0.15, 0.2) is 0 Å². The van der Waals surface area contributed by atoms with Crippen LogP contribution in [-0.4, -0.2) is 52.2 Å². The number of hydrogen-bond acceptors (Lipinski definition) is 4. The number of carbonyl (C=O) groups is 3. The Bertz CT molecular complexity index is 607. The predicted octanol–water partition coefficient (Wildman–Crippen LogP) is 2.57. The zero-order valence-electron chi connectivity index (χ0n) is 15.8. The van der Waals surface area contributed by atoms with E-state index in [-0.39, 0.29) is 29.1 Å². The number of alkyl carbamates (subject to hydrolysis) is 1. The fourth-order valence-corrected chi connectivity index (χ4v) is 3.66. The van der Waals surface area contributed by atoms with Gasteiger partial charge in [-0.05, 0) is 63.7 Å². The van der Waals surface area contributed by atoms with Crippen LogP contribution in [-0.2, 0) is 14.3 Å². The van der Waals surface area contributed by atoms with E-state index in [1.54, 1.807) is 20.8 Å². The van der Waals surface area contributed by atoms with Crippen LogP contribution in [0.2, 0.25) is 0 Å². The summed E-state index contributed by atoms with van der Waals surface area (Å²) in [5, 5.41) is 12.2. The lowest BCUT2D eigenvalue weighted by atomic mass is 9.97. The summed E-state index contributed by atoms with van der Waals surface area (Å²) in [6.07, 6.45) is 3.49. The van der Waals surface area contributed by atoms with Crippen LogP contribution in [0.4, 0.5) is 4.79 Å². The van der Waals surface area contributed by atoms with Crippen molar-refractivity contribution in [2.24, 2.45) is 10.8 Å². The van der Waals surface area contributed by atoms with Crippen LogP contribution in [0.3, 0.4) is 0 Å². The standard InChI is InChI=1S/C18H28N2O5.ClH/c1-16(2,3)25-15(24)19-12(17(4)5-6-17)13(21)20-10-18(7-8-18)9-11(20)14(22)23;/h11-12H,5-10H2,1-4H3,(H,19,24)(H,22,23);1H/t11-,12+;/m0./s1. The van der Waals surface area contributed by atoms with E-state index in [0.29, 0.717) is 13.0 Å². The van der Waals surface area contributed by atoms with Crippen LogP contribution < -0.4 is 5.32 Å². The highest BCUT2D eigenvalue weighted by molar-refractivity contribution is 5.91. The van der Waals surface area contributed by atoms with E-state index in [1.165, 1.54) is 4.90 Å². The molecule has 1 spiro atoms. The smallest absolute Gasteiger partial charge is 0.408 e. The maximum atomic E-state index is 13.2. The summed E-state index contributed by atoms with van der Waals surface area (Å²) in [6.45, 7) is 7.72. The second kappa shape index (κ2) is 6.59. The van der Waals surface area contributed by atoms with Crippen molar-refractivity contribution in [3.63, 3.8) is 0 Å². The van der Waals surface area contributed by atoms with Crippen molar-refractivity contribution in [3.05, 3.63) is 0 Å². The lowest BCUT2D eigenvalue weighted by Gasteiger charge is -2.31. The second-order valence-electron chi connectivity index (χ2n) is 9.26. The van der Waals surface area contributed by atoms with E-state index >= 15 is 0 Å². The fourth-order valence-electron chi connectivity index (χ4n) is 3.66. The summed E-state index contributed by atoms with van der Waals surface area (Å²) in [5.41, 5.74) is -0.993. The Hall–Kier alpha value is -1.50. The van der Waals surface area contributed by atoms with Crippen LogP contribution >= 0.6 is 12.4 Å². The molecule has 1 saturated heterocycles. The van der Waals surface area contributed by atoms with E-state index in [9.17, 15) is 19.5 Å². The molecule has 0 radical (unpaired) electrons. The van der Waals surface area contributed by atoms with Crippen molar-refractivity contribution in [1.82, 2.24) is 10.2 Å². The molecule has 0 bridgehead atoms. The maximum absolute atomic E-state index is 13.2. The number of ether oxygens (including phenoxy) is 1. The highest BCUT2D eigenvalue weighted by Crippen LogP contribution is 2.56. The minimum Gasteiger partial charge on any atom is -0.480 e. The van der Waals surface area contributed by atoms with Crippen LogP contribution in [0.5, 0.6) is 0 Å². The second-order valence-corrected chi connectivity index (χ2v) is 9.26. The number of carboxylic acid groups (broad SMARTS) is 1. The highest BCUT2D eigenvalue weighted by atomic mass is 35.5. The molecule has 0 aromatic rings. The first-order chi connectivity index (χ1) is 11.4. The Labute approximate surface area is 160 Å². The Morgan fingerprint density at radius 2 is 1.77 bits per heavy atom. The average Bonchev–Trinajstić information content (AvgIpc) is 3.33. The number of rotatable bonds is 4. The third-order valence-corrected chi connectivity index (χ3v) is 5.68. The quantitative estimate of drug-likeness (QED) is 0.771. The monoisotopic (exact) mass is 388 g/mol. The molecule has 2 saturated carbocycles. The summed E-state index contributed by atoms with van der Waals surface area (Å²) in [6, 6.07) is -1.53. The first kappa shape index (κ1) is 20.8. The van der Waals surface area contributed by atoms with Crippen LogP contribution in [0, 0.1) is 10.8 Å². The van der Waals surface area contributed by atoms with Gasteiger partial charge >= 0.3 is 12.1 Å². The minimum atomic E-state index is -0.964. The summed E-state index contributed by atoms with van der Waals surface area (Å²) >= 11 is 0. The normalized spacial score (nSPS) is 25.8. The van der Waals surface area contributed by atoms with Gasteiger partial charge in [0.05, 0.1) is 0 Å². The van der Waals surface area contributed by atoms with Gasteiger partial charge < -0.3 is 20.1 Å². The Morgan fingerprint density at radius 3 is 2.19 bits per heavy atom. The van der Waals surface area contributed by atoms with E-state index in [1.807, 2.05) is 6.92 Å². The number of nitrogens with zero attached hydrogens (tertiary/aromatic N) is 1. The molecular formula is C18H29ClN2O5. The third kappa shape index (κ3) is 4.24. The number of likely N-dealkylation sites (tertiary alicyclic amines) is 1. The minimum absolute atomic E-state index is 0. The number of amides is 2. The van der Waals surface area contributed by atoms with Crippen molar-refractivity contribution < 1.29 is 24.2 Å². The average molecular weight is 389 g/mol. The number of hydrogen-bond donors (Lipinski definition) is 2. The van der Waals surface area contributed by atoms with E-state index < -0.39 is 29.7 Å². The SMILES string of the molecule is CC(C)(C)OC(=O)N[C@H](C(=O)N1CC2(CC2)C[C@H]1C(=O)O)C1(C)CC1.Cl. The lowest BCUT2D eigenvalue weighted by molar-refractivity contribution is -0.149. The molecule has 0 aromatic heterocycles. The zero-order valence-corrected chi connectivity index (χ0v) is 16.6. The molecule has 3 aliphatic rings. The summed E-state index contributed by atoms with van der Waals surface area (Å²) in [4.78, 5) is 38.5. The molecule has 2 N–H and O–H groups in total. The molecule has 26 heavy (non-hydrogen) atoms. The van der Waals surface area contributed by atoms with Crippen LogP contribution in [0.1, 0.15) is 59.8 Å². The number of halogens is 1. The highest BCUT2D eigenvalue weighted by Gasteiger charge is 2.58. The molecule has 148 valence electrons. The van der Waals surface area contributed by atoms with Crippen molar-refractivity contribution in [2.45, 2.75) is 77.5 Å². The van der Waals surface area contributed by atoms with Gasteiger partial charge in [0.2, 0.25) is 5.91 Å². The molecule has 1 aliphatic heterocycles. The molecule has 3 fully saturated rings. The predicted molar refractivity (Wildman–Crippen MR) is 97.2 cm³/mol. The first-order valence-electron chi connectivity index (χ1n) is 8.98. The van der Waals surface area contributed by atoms with Gasteiger partial charge in [-0.3, -0.25) is 4.79 Å². The molecule has 2 amide bonds. The Morgan fingerprint density at radius 1 is 1.19 bits per heavy atom. The largest absolute Gasteiger partial charge is 0.480 e. The summed E-state index contributed by atoms with van der Waals surface area (Å²) in [5.74, 6) is -1.25. The number of carboxylic acids is 1. The lowest BCUT2D eigenvalue weighted by Crippen LogP contribution is -2.55. The number of aliphatic carboxylic acids is 1. The topological polar surface area (TPSA) is 95.9 Å². The van der Waals surface area contributed by atoms with E-state index in [4.69, 9.17) is 4.74 Å².